The lowest BCUT2D eigenvalue weighted by Crippen LogP contribution is -2.35. The summed E-state index contributed by atoms with van der Waals surface area (Å²) >= 11 is 0. The number of likely N-dealkylation sites (tertiary alicyclic amines) is 1. The predicted octanol–water partition coefficient (Wildman–Crippen LogP) is 4.47. The second-order valence-electron chi connectivity index (χ2n) is 8.13. The number of carbonyl (C=O) groups excluding carboxylic acids is 2. The normalized spacial score (nSPS) is 13.6. The average molecular weight is 432 g/mol. The van der Waals surface area contributed by atoms with E-state index < -0.39 is 0 Å². The van der Waals surface area contributed by atoms with Gasteiger partial charge in [-0.3, -0.25) is 4.79 Å². The van der Waals surface area contributed by atoms with E-state index in [0.717, 1.165) is 53.6 Å². The van der Waals surface area contributed by atoms with Crippen LogP contribution < -0.4 is 15.4 Å². The molecule has 0 spiro atoms. The van der Waals surface area contributed by atoms with Crippen molar-refractivity contribution < 1.29 is 14.3 Å². The highest BCUT2D eigenvalue weighted by atomic mass is 16.5. The van der Waals surface area contributed by atoms with E-state index in [-0.39, 0.29) is 11.9 Å². The molecule has 0 aromatic heterocycles. The summed E-state index contributed by atoms with van der Waals surface area (Å²) in [6, 6.07) is 19.3. The number of ether oxygens (including phenoxy) is 1. The van der Waals surface area contributed by atoms with E-state index in [4.69, 9.17) is 4.74 Å². The third-order valence-corrected chi connectivity index (χ3v) is 5.86. The van der Waals surface area contributed by atoms with Crippen molar-refractivity contribution in [2.24, 2.45) is 0 Å². The Morgan fingerprint density at radius 3 is 2.16 bits per heavy atom. The third kappa shape index (κ3) is 5.38. The molecule has 0 radical (unpaired) electrons. The number of methoxy groups -OCH3 is 1. The van der Waals surface area contributed by atoms with E-state index in [2.05, 4.69) is 16.7 Å². The molecule has 0 saturated carbocycles. The summed E-state index contributed by atoms with van der Waals surface area (Å²) in [5.41, 5.74) is 2.68. The molecule has 0 unspecified atom stereocenters. The maximum absolute atomic E-state index is 12.6. The third-order valence-electron chi connectivity index (χ3n) is 5.86. The maximum atomic E-state index is 12.6. The average Bonchev–Trinajstić information content (AvgIpc) is 2.86. The summed E-state index contributed by atoms with van der Waals surface area (Å²) in [5, 5.41) is 7.96. The number of nitrogens with one attached hydrogen (secondary N) is 2. The number of hydrogen-bond acceptors (Lipinski definition) is 3. The van der Waals surface area contributed by atoms with Crippen LogP contribution in [0.2, 0.25) is 0 Å². The lowest BCUT2D eigenvalue weighted by molar-refractivity contribution is 0.0724. The molecule has 1 saturated heterocycles. The van der Waals surface area contributed by atoms with Crippen molar-refractivity contribution in [2.75, 3.05) is 20.2 Å². The second kappa shape index (κ2) is 10.2. The molecule has 1 heterocycles. The van der Waals surface area contributed by atoms with E-state index in [1.54, 1.807) is 7.11 Å². The van der Waals surface area contributed by atoms with Crippen LogP contribution in [0.3, 0.4) is 0 Å². The fraction of sp³-hybridized carbons (Fsp3) is 0.308. The number of piperidine rings is 1. The number of amides is 3. The Morgan fingerprint density at radius 2 is 1.44 bits per heavy atom. The molecule has 3 aromatic carbocycles. The summed E-state index contributed by atoms with van der Waals surface area (Å²) in [6.45, 7) is 2.53. The Labute approximate surface area is 188 Å². The minimum atomic E-state index is -0.228. The molecule has 166 valence electrons. The summed E-state index contributed by atoms with van der Waals surface area (Å²) in [6.07, 6.45) is 3.36. The van der Waals surface area contributed by atoms with Gasteiger partial charge in [0.2, 0.25) is 0 Å². The molecule has 0 atom stereocenters. The van der Waals surface area contributed by atoms with Crippen molar-refractivity contribution in [1.82, 2.24) is 15.5 Å². The zero-order valence-corrected chi connectivity index (χ0v) is 18.4. The van der Waals surface area contributed by atoms with Gasteiger partial charge >= 0.3 is 6.03 Å². The maximum Gasteiger partial charge on any atom is 0.315 e. The first-order chi connectivity index (χ1) is 15.6. The molecule has 1 aliphatic rings. The molecule has 1 fully saturated rings. The van der Waals surface area contributed by atoms with Crippen molar-refractivity contribution in [3.05, 3.63) is 77.4 Å². The minimum absolute atomic E-state index is 0.0933. The van der Waals surface area contributed by atoms with Crippen LogP contribution in [0, 0.1) is 0 Å². The van der Waals surface area contributed by atoms with Crippen LogP contribution >= 0.6 is 0 Å². The van der Waals surface area contributed by atoms with Crippen LogP contribution in [0.5, 0.6) is 5.75 Å². The van der Waals surface area contributed by atoms with Crippen LogP contribution in [0.15, 0.2) is 60.7 Å². The number of fused-ring (bicyclic) bond motifs is 1. The van der Waals surface area contributed by atoms with Crippen molar-refractivity contribution in [3.63, 3.8) is 0 Å². The van der Waals surface area contributed by atoms with Gasteiger partial charge in [-0.25, -0.2) is 4.79 Å². The van der Waals surface area contributed by atoms with Crippen LogP contribution in [-0.4, -0.2) is 37.0 Å². The monoisotopic (exact) mass is 431 g/mol. The summed E-state index contributed by atoms with van der Waals surface area (Å²) in [4.78, 5) is 26.7. The van der Waals surface area contributed by atoms with Gasteiger partial charge in [-0.05, 0) is 71.5 Å². The Hall–Kier alpha value is -3.54. The van der Waals surface area contributed by atoms with Gasteiger partial charge in [-0.15, -0.1) is 0 Å². The van der Waals surface area contributed by atoms with Crippen molar-refractivity contribution >= 4 is 22.7 Å². The molecule has 2 N–H and O–H groups in total. The molecule has 4 rings (SSSR count). The van der Waals surface area contributed by atoms with Gasteiger partial charge in [-0.2, -0.15) is 0 Å². The summed E-state index contributed by atoms with van der Waals surface area (Å²) < 4.78 is 5.26. The highest BCUT2D eigenvalue weighted by Crippen LogP contribution is 2.22. The standard InChI is InChI=1S/C26H29N3O3/c1-32-24-12-11-22-15-20(7-10-23(22)16-24)18-28-26(31)27-17-19-5-8-21(9-6-19)25(30)29-13-3-2-4-14-29/h5-12,15-16H,2-4,13-14,17-18H2,1H3,(H2,27,28,31). The van der Waals surface area contributed by atoms with E-state index >= 15 is 0 Å². The zero-order valence-electron chi connectivity index (χ0n) is 18.4. The topological polar surface area (TPSA) is 70.7 Å². The summed E-state index contributed by atoms with van der Waals surface area (Å²) in [5.74, 6) is 0.919. The van der Waals surface area contributed by atoms with Gasteiger partial charge < -0.3 is 20.3 Å². The van der Waals surface area contributed by atoms with Crippen molar-refractivity contribution in [1.29, 1.82) is 0 Å². The molecule has 6 heteroatoms. The summed E-state index contributed by atoms with van der Waals surface area (Å²) in [7, 11) is 1.65. The lowest BCUT2D eigenvalue weighted by Gasteiger charge is -2.26. The van der Waals surface area contributed by atoms with Gasteiger partial charge in [0.15, 0.2) is 0 Å². The van der Waals surface area contributed by atoms with Gasteiger partial charge in [0.1, 0.15) is 5.75 Å². The first kappa shape index (κ1) is 21.7. The molecule has 0 aliphatic carbocycles. The number of hydrogen-bond donors (Lipinski definition) is 2. The Bertz CT molecular complexity index is 1090. The zero-order chi connectivity index (χ0) is 22.3. The Balaban J connectivity index is 1.25. The van der Waals surface area contributed by atoms with E-state index in [0.29, 0.717) is 18.7 Å². The van der Waals surface area contributed by atoms with Crippen molar-refractivity contribution in [3.8, 4) is 5.75 Å². The van der Waals surface area contributed by atoms with Crippen molar-refractivity contribution in [2.45, 2.75) is 32.4 Å². The number of urea groups is 1. The molecule has 6 nitrogen and oxygen atoms in total. The Morgan fingerprint density at radius 1 is 0.812 bits per heavy atom. The van der Waals surface area contributed by atoms with E-state index in [1.165, 1.54) is 6.42 Å². The number of benzene rings is 3. The Kier molecular flexibility index (Phi) is 6.90. The molecule has 0 bridgehead atoms. The second-order valence-corrected chi connectivity index (χ2v) is 8.13. The highest BCUT2D eigenvalue weighted by Gasteiger charge is 2.17. The first-order valence-electron chi connectivity index (χ1n) is 11.1. The molecule has 3 aromatic rings. The number of nitrogens with zero attached hydrogens (tertiary/aromatic N) is 1. The fourth-order valence-corrected chi connectivity index (χ4v) is 3.98. The molecular weight excluding hydrogens is 402 g/mol. The van der Waals surface area contributed by atoms with E-state index in [9.17, 15) is 9.59 Å². The van der Waals surface area contributed by atoms with Gasteiger partial charge in [0.05, 0.1) is 7.11 Å². The molecule has 1 aliphatic heterocycles. The van der Waals surface area contributed by atoms with Gasteiger partial charge in [0, 0.05) is 31.7 Å². The van der Waals surface area contributed by atoms with Gasteiger partial charge in [0.25, 0.3) is 5.91 Å². The lowest BCUT2D eigenvalue weighted by atomic mass is 10.1. The minimum Gasteiger partial charge on any atom is -0.497 e. The van der Waals surface area contributed by atoms with E-state index in [1.807, 2.05) is 59.5 Å². The predicted molar refractivity (Wildman–Crippen MR) is 126 cm³/mol. The number of rotatable bonds is 6. The van der Waals surface area contributed by atoms with Crippen LogP contribution in [-0.2, 0) is 13.1 Å². The quantitative estimate of drug-likeness (QED) is 0.605. The molecule has 3 amide bonds. The fourth-order valence-electron chi connectivity index (χ4n) is 3.98. The highest BCUT2D eigenvalue weighted by molar-refractivity contribution is 5.94. The SMILES string of the molecule is COc1ccc2cc(CNC(=O)NCc3ccc(C(=O)N4CCCCC4)cc3)ccc2c1. The van der Waals surface area contributed by atoms with Gasteiger partial charge in [-0.1, -0.05) is 30.3 Å². The van der Waals surface area contributed by atoms with Crippen LogP contribution in [0.4, 0.5) is 4.79 Å². The molecular formula is C26H29N3O3. The largest absolute Gasteiger partial charge is 0.497 e. The first-order valence-corrected chi connectivity index (χ1v) is 11.1. The van der Waals surface area contributed by atoms with Crippen LogP contribution in [0.25, 0.3) is 10.8 Å². The number of carbonyl (C=O) groups is 2. The smallest absolute Gasteiger partial charge is 0.315 e. The molecule has 32 heavy (non-hydrogen) atoms. The van der Waals surface area contributed by atoms with Crippen LogP contribution in [0.1, 0.15) is 40.7 Å².